The molecule has 4 heteroatoms. The minimum Gasteiger partial charge on any atom is -0.486 e. The fourth-order valence-corrected chi connectivity index (χ4v) is 3.76. The van der Waals surface area contributed by atoms with E-state index in [1.165, 1.54) is 5.56 Å². The Kier molecular flexibility index (Phi) is 4.25. The van der Waals surface area contributed by atoms with Crippen LogP contribution < -0.4 is 9.47 Å². The maximum Gasteiger partial charge on any atom is 0.165 e. The van der Waals surface area contributed by atoms with Crippen molar-refractivity contribution in [2.45, 2.75) is 18.4 Å². The summed E-state index contributed by atoms with van der Waals surface area (Å²) < 4.78 is 23.7. The van der Waals surface area contributed by atoms with Gasteiger partial charge < -0.3 is 9.47 Å². The number of aryl methyl sites for hydroxylation is 1. The van der Waals surface area contributed by atoms with E-state index in [0.29, 0.717) is 24.7 Å². The smallest absolute Gasteiger partial charge is 0.165 e. The van der Waals surface area contributed by atoms with Gasteiger partial charge in [0.2, 0.25) is 0 Å². The van der Waals surface area contributed by atoms with E-state index in [2.05, 4.69) is 0 Å². The Morgan fingerprint density at radius 2 is 1.67 bits per heavy atom. The van der Waals surface area contributed by atoms with Crippen LogP contribution in [0.5, 0.6) is 11.5 Å². The lowest BCUT2D eigenvalue weighted by Crippen LogP contribution is -2.17. The van der Waals surface area contributed by atoms with Crippen molar-refractivity contribution in [3.8, 4) is 11.5 Å². The first kappa shape index (κ1) is 14.1. The lowest BCUT2D eigenvalue weighted by atomic mass is 10.1. The number of ether oxygens (including phenoxy) is 2. The van der Waals surface area contributed by atoms with Gasteiger partial charge in [0, 0.05) is 22.1 Å². The van der Waals surface area contributed by atoms with Gasteiger partial charge in [0.25, 0.3) is 0 Å². The van der Waals surface area contributed by atoms with Crippen LogP contribution in [0.2, 0.25) is 0 Å². The Balaban J connectivity index is 1.75. The average molecular weight is 302 g/mol. The van der Waals surface area contributed by atoms with Crippen LogP contribution in [-0.4, -0.2) is 17.4 Å². The molecule has 2 aromatic rings. The van der Waals surface area contributed by atoms with E-state index in [9.17, 15) is 4.21 Å². The molecule has 0 fully saturated rings. The third-order valence-electron chi connectivity index (χ3n) is 3.54. The van der Waals surface area contributed by atoms with Gasteiger partial charge in [-0.2, -0.15) is 0 Å². The Labute approximate surface area is 127 Å². The molecule has 0 aliphatic carbocycles. The first-order chi connectivity index (χ1) is 10.2. The predicted octanol–water partition coefficient (Wildman–Crippen LogP) is 3.22. The molecule has 0 spiro atoms. The molecule has 0 saturated carbocycles. The normalized spacial score (nSPS) is 14.7. The molecule has 0 N–H and O–H groups in total. The molecular formula is C17H18O3S. The molecule has 0 bridgehead atoms. The highest BCUT2D eigenvalue weighted by Gasteiger charge is 2.17. The van der Waals surface area contributed by atoms with E-state index < -0.39 is 10.8 Å². The summed E-state index contributed by atoms with van der Waals surface area (Å²) in [5.41, 5.74) is 3.28. The summed E-state index contributed by atoms with van der Waals surface area (Å²) in [4.78, 5) is 0. The molecular weight excluding hydrogens is 284 g/mol. The molecule has 0 amide bonds. The summed E-state index contributed by atoms with van der Waals surface area (Å²) in [5, 5.41) is 0. The van der Waals surface area contributed by atoms with Gasteiger partial charge in [-0.25, -0.2) is 0 Å². The van der Waals surface area contributed by atoms with Gasteiger partial charge in [0.05, 0.1) is 5.75 Å². The molecule has 1 aliphatic heterocycles. The van der Waals surface area contributed by atoms with Crippen LogP contribution in [0.25, 0.3) is 0 Å². The third-order valence-corrected chi connectivity index (χ3v) is 4.81. The average Bonchev–Trinajstić information content (AvgIpc) is 2.50. The number of rotatable bonds is 4. The number of fused-ring (bicyclic) bond motifs is 1. The zero-order valence-electron chi connectivity index (χ0n) is 12.0. The minimum atomic E-state index is -0.966. The van der Waals surface area contributed by atoms with Gasteiger partial charge in [-0.1, -0.05) is 36.4 Å². The van der Waals surface area contributed by atoms with E-state index in [4.69, 9.17) is 9.47 Å². The second-order valence-corrected chi connectivity index (χ2v) is 6.55. The van der Waals surface area contributed by atoms with Crippen molar-refractivity contribution in [1.29, 1.82) is 0 Å². The zero-order valence-corrected chi connectivity index (χ0v) is 12.8. The molecule has 110 valence electrons. The quantitative estimate of drug-likeness (QED) is 0.870. The van der Waals surface area contributed by atoms with Crippen molar-refractivity contribution in [2.75, 3.05) is 13.2 Å². The van der Waals surface area contributed by atoms with Gasteiger partial charge in [-0.15, -0.1) is 0 Å². The SMILES string of the molecule is Cc1ccccc1C[S@](=O)Cc1cccc2c1OCCO2. The van der Waals surface area contributed by atoms with Crippen molar-refractivity contribution < 1.29 is 13.7 Å². The standard InChI is InChI=1S/C17H18O3S/c1-13-5-2-3-6-14(13)11-21(18)12-15-7-4-8-16-17(15)20-10-9-19-16/h2-8H,9-12H2,1H3/t21-/m0/s1. The van der Waals surface area contributed by atoms with E-state index in [0.717, 1.165) is 22.6 Å². The zero-order chi connectivity index (χ0) is 14.7. The van der Waals surface area contributed by atoms with Gasteiger partial charge in [-0.3, -0.25) is 4.21 Å². The number of benzene rings is 2. The van der Waals surface area contributed by atoms with Crippen LogP contribution in [0.4, 0.5) is 0 Å². The van der Waals surface area contributed by atoms with Gasteiger partial charge in [0.15, 0.2) is 11.5 Å². The molecule has 3 nitrogen and oxygen atoms in total. The maximum atomic E-state index is 12.4. The van der Waals surface area contributed by atoms with Crippen LogP contribution >= 0.6 is 0 Å². The van der Waals surface area contributed by atoms with Crippen molar-refractivity contribution in [1.82, 2.24) is 0 Å². The fraction of sp³-hybridized carbons (Fsp3) is 0.294. The van der Waals surface area contributed by atoms with Crippen LogP contribution in [-0.2, 0) is 22.3 Å². The number of para-hydroxylation sites is 1. The third kappa shape index (κ3) is 3.27. The van der Waals surface area contributed by atoms with Crippen LogP contribution in [0.3, 0.4) is 0 Å². The lowest BCUT2D eigenvalue weighted by Gasteiger charge is -2.20. The highest BCUT2D eigenvalue weighted by atomic mass is 32.2. The Bertz CT molecular complexity index is 667. The lowest BCUT2D eigenvalue weighted by molar-refractivity contribution is 0.170. The first-order valence-electron chi connectivity index (χ1n) is 7.01. The highest BCUT2D eigenvalue weighted by Crippen LogP contribution is 2.34. The maximum absolute atomic E-state index is 12.4. The van der Waals surface area contributed by atoms with E-state index in [1.54, 1.807) is 0 Å². The van der Waals surface area contributed by atoms with Crippen LogP contribution in [0.1, 0.15) is 16.7 Å². The molecule has 1 atom stereocenters. The molecule has 3 rings (SSSR count). The second kappa shape index (κ2) is 6.31. The number of hydrogen-bond donors (Lipinski definition) is 0. The minimum absolute atomic E-state index is 0.487. The largest absolute Gasteiger partial charge is 0.486 e. The van der Waals surface area contributed by atoms with Gasteiger partial charge >= 0.3 is 0 Å². The summed E-state index contributed by atoms with van der Waals surface area (Å²) in [6, 6.07) is 13.8. The summed E-state index contributed by atoms with van der Waals surface area (Å²) in [7, 11) is -0.966. The van der Waals surface area contributed by atoms with Crippen molar-refractivity contribution in [3.63, 3.8) is 0 Å². The fourth-order valence-electron chi connectivity index (χ4n) is 2.42. The van der Waals surface area contributed by atoms with Crippen LogP contribution in [0.15, 0.2) is 42.5 Å². The second-order valence-electron chi connectivity index (χ2n) is 5.10. The highest BCUT2D eigenvalue weighted by molar-refractivity contribution is 7.83. The summed E-state index contributed by atoms with van der Waals surface area (Å²) in [6.45, 7) is 3.17. The van der Waals surface area contributed by atoms with E-state index >= 15 is 0 Å². The molecule has 0 aromatic heterocycles. The Hall–Kier alpha value is -1.81. The van der Waals surface area contributed by atoms with Crippen molar-refractivity contribution in [2.24, 2.45) is 0 Å². The molecule has 0 saturated heterocycles. The van der Waals surface area contributed by atoms with E-state index in [-0.39, 0.29) is 0 Å². The predicted molar refractivity (Wildman–Crippen MR) is 84.2 cm³/mol. The molecule has 0 unspecified atom stereocenters. The van der Waals surface area contributed by atoms with Gasteiger partial charge in [-0.05, 0) is 24.1 Å². The Morgan fingerprint density at radius 3 is 2.52 bits per heavy atom. The Morgan fingerprint density at radius 1 is 0.952 bits per heavy atom. The molecule has 0 radical (unpaired) electrons. The van der Waals surface area contributed by atoms with Gasteiger partial charge in [0.1, 0.15) is 13.2 Å². The molecule has 21 heavy (non-hydrogen) atoms. The molecule has 1 aliphatic rings. The van der Waals surface area contributed by atoms with Crippen molar-refractivity contribution in [3.05, 3.63) is 59.2 Å². The number of hydrogen-bond acceptors (Lipinski definition) is 3. The molecule has 2 aromatic carbocycles. The summed E-state index contributed by atoms with van der Waals surface area (Å²) in [5.74, 6) is 2.56. The topological polar surface area (TPSA) is 35.5 Å². The first-order valence-corrected chi connectivity index (χ1v) is 8.50. The summed E-state index contributed by atoms with van der Waals surface area (Å²) in [6.07, 6.45) is 0. The molecule has 1 heterocycles. The summed E-state index contributed by atoms with van der Waals surface area (Å²) >= 11 is 0. The van der Waals surface area contributed by atoms with Crippen molar-refractivity contribution >= 4 is 10.8 Å². The van der Waals surface area contributed by atoms with Crippen LogP contribution in [0, 0.1) is 6.92 Å². The monoisotopic (exact) mass is 302 g/mol. The van der Waals surface area contributed by atoms with E-state index in [1.807, 2.05) is 49.4 Å².